The number of hydrogen-bond donors (Lipinski definition) is 3. The predicted molar refractivity (Wildman–Crippen MR) is 363 cm³/mol. The third kappa shape index (κ3) is 62.2. The topological polar surface area (TPSA) is 237 Å². The third-order valence-corrected chi connectivity index (χ3v) is 18.9. The van der Waals surface area contributed by atoms with Crippen molar-refractivity contribution in [1.82, 2.24) is 0 Å². The summed E-state index contributed by atoms with van der Waals surface area (Å²) in [7, 11) is -9.90. The Bertz CT molecular complexity index is 1790. The zero-order chi connectivity index (χ0) is 66.8. The lowest BCUT2D eigenvalue weighted by atomic mass is 9.99. The Morgan fingerprint density at radius 3 is 0.789 bits per heavy atom. The van der Waals surface area contributed by atoms with Crippen LogP contribution in [0.1, 0.15) is 351 Å². The summed E-state index contributed by atoms with van der Waals surface area (Å²) in [5.41, 5.74) is 0. The fourth-order valence-electron chi connectivity index (χ4n) is 10.6. The van der Waals surface area contributed by atoms with E-state index in [1.54, 1.807) is 0 Å². The molecule has 0 radical (unpaired) electrons. The number of rotatable bonds is 68. The molecule has 0 spiro atoms. The van der Waals surface area contributed by atoms with Gasteiger partial charge in [0.15, 0.2) is 12.2 Å². The quantitative estimate of drug-likeness (QED) is 0.0222. The minimum absolute atomic E-state index is 0.102. The first-order valence-electron chi connectivity index (χ1n) is 36.8. The summed E-state index contributed by atoms with van der Waals surface area (Å²) in [6, 6.07) is 0. The van der Waals surface area contributed by atoms with Gasteiger partial charge in [-0.2, -0.15) is 0 Å². The van der Waals surface area contributed by atoms with Gasteiger partial charge in [0.1, 0.15) is 19.3 Å². The highest BCUT2D eigenvalue weighted by molar-refractivity contribution is 7.47. The van der Waals surface area contributed by atoms with Gasteiger partial charge in [-0.1, -0.05) is 299 Å². The smallest absolute Gasteiger partial charge is 0.462 e. The summed E-state index contributed by atoms with van der Waals surface area (Å²) in [6.45, 7) is 14.1. The molecule has 0 rings (SSSR count). The van der Waals surface area contributed by atoms with Gasteiger partial charge in [0.05, 0.1) is 26.4 Å². The van der Waals surface area contributed by atoms with Gasteiger partial charge in [0, 0.05) is 25.7 Å². The lowest BCUT2D eigenvalue weighted by Crippen LogP contribution is -2.30. The molecule has 4 unspecified atom stereocenters. The van der Waals surface area contributed by atoms with Crippen molar-refractivity contribution in [3.8, 4) is 0 Å². The molecule has 0 aromatic rings. The van der Waals surface area contributed by atoms with Crippen LogP contribution in [0, 0.1) is 23.7 Å². The van der Waals surface area contributed by atoms with Crippen LogP contribution in [-0.4, -0.2) is 96.7 Å². The number of esters is 4. The van der Waals surface area contributed by atoms with Crippen LogP contribution in [0.2, 0.25) is 0 Å². The van der Waals surface area contributed by atoms with Gasteiger partial charge in [-0.25, -0.2) is 9.13 Å². The molecule has 0 heterocycles. The average Bonchev–Trinajstić information content (AvgIpc) is 3.68. The van der Waals surface area contributed by atoms with Crippen LogP contribution in [0.3, 0.4) is 0 Å². The maximum Gasteiger partial charge on any atom is 0.472 e. The zero-order valence-corrected chi connectivity index (χ0v) is 60.6. The number of unbranched alkanes of at least 4 members (excludes halogenated alkanes) is 32. The number of carbonyl (C=O) groups is 4. The van der Waals surface area contributed by atoms with Gasteiger partial charge in [0.25, 0.3) is 0 Å². The van der Waals surface area contributed by atoms with Crippen molar-refractivity contribution in [3.05, 3.63) is 0 Å². The normalized spacial score (nSPS) is 14.9. The Labute approximate surface area is 549 Å². The number of hydrogen-bond acceptors (Lipinski definition) is 15. The van der Waals surface area contributed by atoms with E-state index in [1.807, 2.05) is 0 Å². The molecule has 19 heteroatoms. The van der Waals surface area contributed by atoms with Crippen LogP contribution >= 0.6 is 15.6 Å². The zero-order valence-electron chi connectivity index (χ0n) is 58.8. The molecule has 0 aliphatic carbocycles. The van der Waals surface area contributed by atoms with E-state index < -0.39 is 97.5 Å². The van der Waals surface area contributed by atoms with Crippen molar-refractivity contribution in [1.29, 1.82) is 0 Å². The Balaban J connectivity index is 5.23. The van der Waals surface area contributed by atoms with Crippen molar-refractivity contribution in [2.75, 3.05) is 39.6 Å². The third-order valence-electron chi connectivity index (χ3n) is 17.0. The monoisotopic (exact) mass is 1320 g/mol. The van der Waals surface area contributed by atoms with Crippen LogP contribution in [0.5, 0.6) is 0 Å². The van der Waals surface area contributed by atoms with E-state index in [9.17, 15) is 43.2 Å². The lowest BCUT2D eigenvalue weighted by molar-refractivity contribution is -0.161. The first-order valence-corrected chi connectivity index (χ1v) is 39.8. The SMILES string of the molecule is CCC(C)CCCCCCCCCCCCCCCCC(=O)O[C@H](COC(=O)CCCCCCCCCCCC(C)C)COP(=O)(O)OC[C@@H](O)COP(=O)(O)OC[C@@H](COC(=O)CCCCCCCCC(C)CC)OC(=O)CCCCCCCCCC(C)C. The highest BCUT2D eigenvalue weighted by Crippen LogP contribution is 2.45. The first-order chi connectivity index (χ1) is 43.2. The number of phosphoric acid groups is 2. The van der Waals surface area contributed by atoms with Gasteiger partial charge in [-0.15, -0.1) is 0 Å². The van der Waals surface area contributed by atoms with E-state index in [0.717, 1.165) is 114 Å². The molecule has 3 N–H and O–H groups in total. The van der Waals surface area contributed by atoms with Crippen LogP contribution in [0.15, 0.2) is 0 Å². The van der Waals surface area contributed by atoms with Gasteiger partial charge in [-0.3, -0.25) is 37.3 Å². The van der Waals surface area contributed by atoms with Gasteiger partial charge in [-0.05, 0) is 49.4 Å². The number of ether oxygens (including phenoxy) is 4. The number of aliphatic hydroxyl groups is 1. The lowest BCUT2D eigenvalue weighted by Gasteiger charge is -2.21. The van der Waals surface area contributed by atoms with Gasteiger partial charge >= 0.3 is 39.5 Å². The molecule has 0 bridgehead atoms. The molecule has 0 aliphatic heterocycles. The minimum atomic E-state index is -4.95. The van der Waals surface area contributed by atoms with Crippen LogP contribution in [-0.2, 0) is 65.4 Å². The average molecular weight is 1330 g/mol. The van der Waals surface area contributed by atoms with Gasteiger partial charge < -0.3 is 33.8 Å². The molecule has 0 aromatic carbocycles. The van der Waals surface area contributed by atoms with E-state index in [1.165, 1.54) is 148 Å². The maximum absolute atomic E-state index is 13.0. The highest BCUT2D eigenvalue weighted by Gasteiger charge is 2.30. The molecule has 0 saturated heterocycles. The second-order valence-electron chi connectivity index (χ2n) is 27.1. The van der Waals surface area contributed by atoms with Crippen molar-refractivity contribution >= 4 is 39.5 Å². The second kappa shape index (κ2) is 60.7. The fraction of sp³-hybridized carbons (Fsp3) is 0.944. The molecule has 534 valence electrons. The standard InChI is InChI=1S/C71H138O17P2/c1-9-63(7)49-41-33-25-19-15-13-11-12-14-16-20-27-37-45-53-70(75)87-66(57-81-68(73)51-43-35-26-21-17-18-23-31-39-47-61(3)4)59-85-89(77,78)83-55-65(72)56-84-90(79,80)86-60-67(88-71(76)54-46-38-28-22-24-32-40-48-62(5)6)58-82-69(74)52-44-36-30-29-34-42-50-64(8)10-2/h61-67,72H,9-60H2,1-8H3,(H,77,78)(H,79,80)/t63?,64?,65-,66-,67-/m1/s1. The maximum atomic E-state index is 13.0. The molecular weight excluding hydrogens is 1190 g/mol. The van der Waals surface area contributed by atoms with E-state index in [0.29, 0.717) is 31.6 Å². The second-order valence-corrected chi connectivity index (χ2v) is 30.0. The minimum Gasteiger partial charge on any atom is -0.462 e. The van der Waals surface area contributed by atoms with Crippen LogP contribution in [0.25, 0.3) is 0 Å². The van der Waals surface area contributed by atoms with Crippen molar-refractivity contribution in [3.63, 3.8) is 0 Å². The van der Waals surface area contributed by atoms with E-state index in [2.05, 4.69) is 55.4 Å². The van der Waals surface area contributed by atoms with E-state index in [4.69, 9.17) is 37.0 Å². The van der Waals surface area contributed by atoms with Crippen molar-refractivity contribution < 1.29 is 80.2 Å². The Hall–Kier alpha value is -1.94. The molecule has 0 aromatic heterocycles. The van der Waals surface area contributed by atoms with E-state index >= 15 is 0 Å². The molecule has 90 heavy (non-hydrogen) atoms. The van der Waals surface area contributed by atoms with Crippen LogP contribution < -0.4 is 0 Å². The highest BCUT2D eigenvalue weighted by atomic mass is 31.2. The number of carbonyl (C=O) groups excluding carboxylic acids is 4. The summed E-state index contributed by atoms with van der Waals surface area (Å²) in [4.78, 5) is 72.5. The Morgan fingerprint density at radius 1 is 0.311 bits per heavy atom. The summed E-state index contributed by atoms with van der Waals surface area (Å²) in [5.74, 6) is 0.885. The molecule has 0 saturated carbocycles. The first kappa shape index (κ1) is 88.1. The van der Waals surface area contributed by atoms with Crippen molar-refractivity contribution in [2.45, 2.75) is 369 Å². The fourth-order valence-corrected chi connectivity index (χ4v) is 12.2. The molecule has 0 fully saturated rings. The van der Waals surface area contributed by atoms with Crippen molar-refractivity contribution in [2.24, 2.45) is 23.7 Å². The van der Waals surface area contributed by atoms with Crippen LogP contribution in [0.4, 0.5) is 0 Å². The number of phosphoric ester groups is 2. The van der Waals surface area contributed by atoms with Gasteiger partial charge in [0.2, 0.25) is 0 Å². The molecule has 0 amide bonds. The Morgan fingerprint density at radius 2 is 0.533 bits per heavy atom. The largest absolute Gasteiger partial charge is 0.472 e. The molecule has 0 aliphatic rings. The number of aliphatic hydroxyl groups excluding tert-OH is 1. The van der Waals surface area contributed by atoms with E-state index in [-0.39, 0.29) is 25.7 Å². The summed E-state index contributed by atoms with van der Waals surface area (Å²) < 4.78 is 68.3. The molecular formula is C71H138O17P2. The summed E-state index contributed by atoms with van der Waals surface area (Å²) >= 11 is 0. The summed E-state index contributed by atoms with van der Waals surface area (Å²) in [5, 5.41) is 10.6. The molecule has 7 atom stereocenters. The Kier molecular flexibility index (Phi) is 59.4. The predicted octanol–water partition coefficient (Wildman–Crippen LogP) is 20.1. The summed E-state index contributed by atoms with van der Waals surface area (Å²) in [6.07, 6.45) is 43.2. The molecule has 17 nitrogen and oxygen atoms in total.